The van der Waals surface area contributed by atoms with E-state index in [0.717, 1.165) is 25.3 Å². The van der Waals surface area contributed by atoms with Crippen molar-refractivity contribution >= 4 is 5.78 Å². The van der Waals surface area contributed by atoms with Crippen molar-refractivity contribution in [1.82, 2.24) is 5.32 Å². The molecule has 72 valence electrons. The summed E-state index contributed by atoms with van der Waals surface area (Å²) in [7, 11) is 2.00. The van der Waals surface area contributed by atoms with Crippen molar-refractivity contribution < 1.29 is 6.22 Å². The van der Waals surface area contributed by atoms with Crippen LogP contribution in [0.25, 0.3) is 0 Å². The van der Waals surface area contributed by atoms with Crippen molar-refractivity contribution in [2.75, 3.05) is 13.6 Å². The van der Waals surface area contributed by atoms with Crippen LogP contribution in [0.2, 0.25) is 0 Å². The Bertz CT molecular complexity index is 153. The van der Waals surface area contributed by atoms with Gasteiger partial charge in [-0.1, -0.05) is 0 Å². The number of carbonyl (C=O) groups excluding carboxylic acids is 1. The van der Waals surface area contributed by atoms with Crippen LogP contribution in [0.4, 0.5) is 0 Å². The van der Waals surface area contributed by atoms with Gasteiger partial charge in [0.1, 0.15) is 5.78 Å². The average molecular weight is 171 g/mol. The topological polar surface area (TPSA) is 29.1 Å². The molecule has 2 nitrogen and oxygen atoms in total. The molecular formula is C10H21NO. The van der Waals surface area contributed by atoms with E-state index < -0.39 is 0 Å². The van der Waals surface area contributed by atoms with Gasteiger partial charge in [-0.05, 0) is 52.1 Å². The van der Waals surface area contributed by atoms with E-state index in [0.29, 0.717) is 11.7 Å². The molecule has 1 N–H and O–H groups in total. The van der Waals surface area contributed by atoms with Gasteiger partial charge >= 0.3 is 0 Å². The monoisotopic (exact) mass is 171 g/mol. The standard InChI is InChI=1S/C10H19NO.H2/c1-8(12)10-5-3-9(4-6-10)7-11-2;/h9-11H,3-7H2,1-2H3;1H. The SMILES string of the molecule is CNCC1CCC(C(C)=O)CC1.[HH]. The van der Waals surface area contributed by atoms with E-state index in [1.54, 1.807) is 6.92 Å². The van der Waals surface area contributed by atoms with Crippen LogP contribution in [-0.2, 0) is 4.79 Å². The molecule has 2 heteroatoms. The van der Waals surface area contributed by atoms with E-state index in [1.807, 2.05) is 7.05 Å². The van der Waals surface area contributed by atoms with Crippen molar-refractivity contribution in [2.24, 2.45) is 11.8 Å². The molecule has 0 aliphatic heterocycles. The van der Waals surface area contributed by atoms with Crippen LogP contribution in [0.15, 0.2) is 0 Å². The van der Waals surface area contributed by atoms with Gasteiger partial charge in [-0.25, -0.2) is 0 Å². The normalized spacial score (nSPS) is 30.2. The highest BCUT2D eigenvalue weighted by atomic mass is 16.1. The lowest BCUT2D eigenvalue weighted by molar-refractivity contribution is -0.121. The summed E-state index contributed by atoms with van der Waals surface area (Å²) in [6.45, 7) is 2.84. The van der Waals surface area contributed by atoms with Crippen molar-refractivity contribution in [3.8, 4) is 0 Å². The van der Waals surface area contributed by atoms with Crippen LogP contribution in [0, 0.1) is 11.8 Å². The molecule has 1 rings (SSSR count). The second kappa shape index (κ2) is 4.61. The lowest BCUT2D eigenvalue weighted by Gasteiger charge is -2.26. The molecule has 0 aromatic carbocycles. The molecule has 0 unspecified atom stereocenters. The third-order valence-corrected chi connectivity index (χ3v) is 2.91. The first-order chi connectivity index (χ1) is 5.74. The molecule has 0 spiro atoms. The largest absolute Gasteiger partial charge is 0.319 e. The van der Waals surface area contributed by atoms with E-state index in [-0.39, 0.29) is 1.43 Å². The maximum Gasteiger partial charge on any atom is 0.132 e. The number of Topliss-reactive ketones (excluding diaryl/α,β-unsaturated/α-hetero) is 1. The highest BCUT2D eigenvalue weighted by Crippen LogP contribution is 2.28. The smallest absolute Gasteiger partial charge is 0.132 e. The molecule has 0 atom stereocenters. The van der Waals surface area contributed by atoms with Gasteiger partial charge in [0.05, 0.1) is 0 Å². The van der Waals surface area contributed by atoms with Gasteiger partial charge in [-0.2, -0.15) is 0 Å². The van der Waals surface area contributed by atoms with E-state index in [4.69, 9.17) is 0 Å². The van der Waals surface area contributed by atoms with E-state index in [1.165, 1.54) is 12.8 Å². The molecule has 0 aromatic heterocycles. The minimum atomic E-state index is 0. The Morgan fingerprint density at radius 1 is 1.42 bits per heavy atom. The third-order valence-electron chi connectivity index (χ3n) is 2.91. The fourth-order valence-corrected chi connectivity index (χ4v) is 2.06. The maximum absolute atomic E-state index is 11.0. The van der Waals surface area contributed by atoms with Gasteiger partial charge in [-0.15, -0.1) is 0 Å². The quantitative estimate of drug-likeness (QED) is 0.702. The Balaban J connectivity index is 0.00000144. The summed E-state index contributed by atoms with van der Waals surface area (Å²) in [5.74, 6) is 1.57. The van der Waals surface area contributed by atoms with Crippen LogP contribution in [0.1, 0.15) is 34.0 Å². The number of hydrogen-bond donors (Lipinski definition) is 1. The molecule has 0 bridgehead atoms. The molecule has 0 radical (unpaired) electrons. The highest BCUT2D eigenvalue weighted by molar-refractivity contribution is 5.78. The first kappa shape index (κ1) is 9.72. The van der Waals surface area contributed by atoms with Crippen LogP contribution in [0.3, 0.4) is 0 Å². The second-order valence-corrected chi connectivity index (χ2v) is 3.89. The van der Waals surface area contributed by atoms with Crippen LogP contribution >= 0.6 is 0 Å². The predicted molar refractivity (Wildman–Crippen MR) is 52.2 cm³/mol. The molecule has 0 amide bonds. The van der Waals surface area contributed by atoms with E-state index >= 15 is 0 Å². The van der Waals surface area contributed by atoms with Crippen LogP contribution in [-0.4, -0.2) is 19.4 Å². The minimum absolute atomic E-state index is 0. The first-order valence-corrected chi connectivity index (χ1v) is 4.89. The Morgan fingerprint density at radius 2 is 2.00 bits per heavy atom. The Morgan fingerprint density at radius 3 is 2.42 bits per heavy atom. The number of rotatable bonds is 3. The zero-order chi connectivity index (χ0) is 8.97. The lowest BCUT2D eigenvalue weighted by atomic mass is 9.80. The summed E-state index contributed by atoms with van der Waals surface area (Å²) in [4.78, 5) is 11.0. The minimum Gasteiger partial charge on any atom is -0.319 e. The van der Waals surface area contributed by atoms with Gasteiger partial charge in [0.15, 0.2) is 0 Å². The average Bonchev–Trinajstić information content (AvgIpc) is 2.06. The molecule has 0 aromatic rings. The third kappa shape index (κ3) is 2.59. The van der Waals surface area contributed by atoms with Crippen molar-refractivity contribution in [3.05, 3.63) is 0 Å². The molecule has 1 aliphatic carbocycles. The van der Waals surface area contributed by atoms with Gasteiger partial charge in [0, 0.05) is 7.34 Å². The summed E-state index contributed by atoms with van der Waals surface area (Å²) in [5, 5.41) is 3.20. The molecule has 0 heterocycles. The first-order valence-electron chi connectivity index (χ1n) is 4.89. The fraction of sp³-hybridized carbons (Fsp3) is 0.900. The van der Waals surface area contributed by atoms with Gasteiger partial charge in [0.2, 0.25) is 0 Å². The maximum atomic E-state index is 11.0. The Labute approximate surface area is 76.2 Å². The highest BCUT2D eigenvalue weighted by Gasteiger charge is 2.22. The zero-order valence-corrected chi connectivity index (χ0v) is 8.10. The Kier molecular flexibility index (Phi) is 3.73. The fourth-order valence-electron chi connectivity index (χ4n) is 2.06. The van der Waals surface area contributed by atoms with Crippen molar-refractivity contribution in [1.29, 1.82) is 0 Å². The number of hydrogen-bond acceptors (Lipinski definition) is 2. The number of ketones is 1. The second-order valence-electron chi connectivity index (χ2n) is 3.89. The van der Waals surface area contributed by atoms with Crippen LogP contribution in [0.5, 0.6) is 0 Å². The summed E-state index contributed by atoms with van der Waals surface area (Å²) < 4.78 is 0. The Hall–Kier alpha value is -0.370. The van der Waals surface area contributed by atoms with E-state index in [2.05, 4.69) is 5.32 Å². The zero-order valence-electron chi connectivity index (χ0n) is 8.10. The molecule has 1 fully saturated rings. The summed E-state index contributed by atoms with van der Waals surface area (Å²) in [6, 6.07) is 0. The summed E-state index contributed by atoms with van der Waals surface area (Å²) >= 11 is 0. The molecule has 1 saturated carbocycles. The van der Waals surface area contributed by atoms with E-state index in [9.17, 15) is 4.79 Å². The molecule has 12 heavy (non-hydrogen) atoms. The summed E-state index contributed by atoms with van der Waals surface area (Å²) in [5.41, 5.74) is 0. The number of carbonyl (C=O) groups is 1. The number of nitrogens with one attached hydrogen (secondary N) is 1. The van der Waals surface area contributed by atoms with Gasteiger partial charge in [0.25, 0.3) is 0 Å². The van der Waals surface area contributed by atoms with Gasteiger partial charge in [-0.3, -0.25) is 4.79 Å². The van der Waals surface area contributed by atoms with Crippen molar-refractivity contribution in [2.45, 2.75) is 32.6 Å². The summed E-state index contributed by atoms with van der Waals surface area (Å²) in [6.07, 6.45) is 4.68. The van der Waals surface area contributed by atoms with Crippen LogP contribution < -0.4 is 5.32 Å². The molecular weight excluding hydrogens is 150 g/mol. The molecule has 1 aliphatic rings. The molecule has 0 saturated heterocycles. The lowest BCUT2D eigenvalue weighted by Crippen LogP contribution is -2.26. The van der Waals surface area contributed by atoms with Gasteiger partial charge < -0.3 is 5.32 Å². The van der Waals surface area contributed by atoms with Crippen molar-refractivity contribution in [3.63, 3.8) is 0 Å². The predicted octanol–water partition coefficient (Wildman–Crippen LogP) is 1.85.